The molecule has 3 amide bonds. The molecule has 0 saturated carbocycles. The zero-order valence-electron chi connectivity index (χ0n) is 19.1. The summed E-state index contributed by atoms with van der Waals surface area (Å²) in [4.78, 5) is 55.7. The first-order valence-electron chi connectivity index (χ1n) is 11.5. The quantitative estimate of drug-likeness (QED) is 0.419. The Hall–Kier alpha value is -3.59. The molecule has 0 aromatic heterocycles. The first kappa shape index (κ1) is 21.0. The number of benzene rings is 2. The molecule has 34 heavy (non-hydrogen) atoms. The molecule has 2 aromatic rings. The number of anilines is 2. The summed E-state index contributed by atoms with van der Waals surface area (Å²) >= 11 is 0. The van der Waals surface area contributed by atoms with Crippen molar-refractivity contribution in [1.29, 1.82) is 0 Å². The smallest absolute Gasteiger partial charge is 0.274 e. The second kappa shape index (κ2) is 6.73. The number of nitrogens with zero attached hydrogens (tertiary/aromatic N) is 3. The predicted octanol–water partition coefficient (Wildman–Crippen LogP) is 2.95. The van der Waals surface area contributed by atoms with Crippen molar-refractivity contribution in [2.75, 3.05) is 16.8 Å². The van der Waals surface area contributed by atoms with Crippen LogP contribution in [-0.4, -0.2) is 40.1 Å². The number of hydrogen-bond donors (Lipinski definition) is 1. The van der Waals surface area contributed by atoms with Gasteiger partial charge >= 0.3 is 0 Å². The fraction of sp³-hybridized carbons (Fsp3) is 0.400. The van der Waals surface area contributed by atoms with E-state index in [-0.39, 0.29) is 29.2 Å². The summed E-state index contributed by atoms with van der Waals surface area (Å²) in [6, 6.07) is 8.10. The van der Waals surface area contributed by atoms with Crippen LogP contribution in [-0.2, 0) is 19.9 Å². The molecule has 9 heteroatoms. The number of fused-ring (bicyclic) bond motifs is 7. The Morgan fingerprint density at radius 1 is 1.06 bits per heavy atom. The summed E-state index contributed by atoms with van der Waals surface area (Å²) in [5.41, 5.74) is 2.59. The van der Waals surface area contributed by atoms with Crippen LogP contribution < -0.4 is 10.2 Å². The predicted molar refractivity (Wildman–Crippen MR) is 123 cm³/mol. The van der Waals surface area contributed by atoms with Crippen molar-refractivity contribution in [3.05, 3.63) is 62.7 Å². The maximum atomic E-state index is 14.0. The van der Waals surface area contributed by atoms with Gasteiger partial charge in [0, 0.05) is 28.9 Å². The standard InChI is InChI=1S/C25H24N4O5/c1-12-9-14(3)21-16(10-12)25(24(32)26-21)20-19(17-5-4-8-27(17)25)22(30)28(23(20)31)15-7-6-13(2)18(11-15)29(33)34/h6-7,9-11,17,19-20H,4-5,8H2,1-3H3,(H,26,32). The van der Waals surface area contributed by atoms with Crippen molar-refractivity contribution in [2.24, 2.45) is 11.8 Å². The van der Waals surface area contributed by atoms with Crippen LogP contribution in [0.5, 0.6) is 0 Å². The summed E-state index contributed by atoms with van der Waals surface area (Å²) in [5, 5.41) is 14.5. The number of aryl methyl sites for hydroxylation is 3. The highest BCUT2D eigenvalue weighted by Gasteiger charge is 2.74. The second-order valence-electron chi connectivity index (χ2n) is 9.87. The van der Waals surface area contributed by atoms with E-state index in [4.69, 9.17) is 0 Å². The zero-order valence-corrected chi connectivity index (χ0v) is 19.1. The van der Waals surface area contributed by atoms with Gasteiger partial charge in [-0.05, 0) is 51.8 Å². The number of carbonyl (C=O) groups is 3. The van der Waals surface area contributed by atoms with Gasteiger partial charge in [-0.3, -0.25) is 29.4 Å². The van der Waals surface area contributed by atoms with Gasteiger partial charge in [0.2, 0.25) is 17.7 Å². The van der Waals surface area contributed by atoms with E-state index in [1.165, 1.54) is 6.07 Å². The van der Waals surface area contributed by atoms with E-state index in [1.54, 1.807) is 19.1 Å². The first-order chi connectivity index (χ1) is 16.2. The van der Waals surface area contributed by atoms with Crippen LogP contribution in [0.2, 0.25) is 0 Å². The molecule has 4 unspecified atom stereocenters. The van der Waals surface area contributed by atoms with E-state index < -0.39 is 28.2 Å². The monoisotopic (exact) mass is 460 g/mol. The highest BCUT2D eigenvalue weighted by atomic mass is 16.6. The summed E-state index contributed by atoms with van der Waals surface area (Å²) in [6.45, 7) is 6.13. The fourth-order valence-corrected chi connectivity index (χ4v) is 6.85. The summed E-state index contributed by atoms with van der Waals surface area (Å²) < 4.78 is 0. The van der Waals surface area contributed by atoms with Gasteiger partial charge in [0.25, 0.3) is 5.69 Å². The lowest BCUT2D eigenvalue weighted by Crippen LogP contribution is -2.54. The van der Waals surface area contributed by atoms with Gasteiger partial charge < -0.3 is 5.32 Å². The van der Waals surface area contributed by atoms with Crippen LogP contribution in [0.4, 0.5) is 17.1 Å². The number of nitrogens with one attached hydrogen (secondary N) is 1. The van der Waals surface area contributed by atoms with Gasteiger partial charge in [0.1, 0.15) is 5.54 Å². The van der Waals surface area contributed by atoms with Crippen molar-refractivity contribution in [3.63, 3.8) is 0 Å². The molecule has 3 fully saturated rings. The summed E-state index contributed by atoms with van der Waals surface area (Å²) in [7, 11) is 0. The van der Waals surface area contributed by atoms with Gasteiger partial charge in [-0.25, -0.2) is 4.90 Å². The molecule has 4 atom stereocenters. The summed E-state index contributed by atoms with van der Waals surface area (Å²) in [5.74, 6) is -2.67. The molecule has 0 aliphatic carbocycles. The Morgan fingerprint density at radius 2 is 1.82 bits per heavy atom. The molecule has 0 bridgehead atoms. The molecule has 0 radical (unpaired) electrons. The lowest BCUT2D eigenvalue weighted by molar-refractivity contribution is -0.385. The Bertz CT molecular complexity index is 1340. The van der Waals surface area contributed by atoms with E-state index >= 15 is 0 Å². The first-order valence-corrected chi connectivity index (χ1v) is 11.5. The third kappa shape index (κ3) is 2.34. The van der Waals surface area contributed by atoms with Crippen molar-refractivity contribution in [2.45, 2.75) is 45.2 Å². The molecule has 4 aliphatic rings. The highest BCUT2D eigenvalue weighted by Crippen LogP contribution is 2.61. The van der Waals surface area contributed by atoms with Crippen LogP contribution in [0.25, 0.3) is 0 Å². The van der Waals surface area contributed by atoms with Crippen molar-refractivity contribution < 1.29 is 19.3 Å². The van der Waals surface area contributed by atoms with Crippen LogP contribution >= 0.6 is 0 Å². The fourth-order valence-electron chi connectivity index (χ4n) is 6.85. The van der Waals surface area contributed by atoms with Crippen molar-refractivity contribution >= 4 is 34.8 Å². The maximum Gasteiger partial charge on any atom is 0.274 e. The Labute approximate surface area is 195 Å². The van der Waals surface area contributed by atoms with Crippen LogP contribution in [0.1, 0.15) is 35.1 Å². The lowest BCUT2D eigenvalue weighted by Gasteiger charge is -2.36. The van der Waals surface area contributed by atoms with Gasteiger partial charge in [0.15, 0.2) is 0 Å². The Kier molecular flexibility index (Phi) is 4.15. The Morgan fingerprint density at radius 3 is 2.56 bits per heavy atom. The third-order valence-corrected chi connectivity index (χ3v) is 8.09. The molecule has 6 rings (SSSR count). The molecule has 2 aromatic carbocycles. The minimum Gasteiger partial charge on any atom is -0.324 e. The average Bonchev–Trinajstić information content (AvgIpc) is 3.48. The summed E-state index contributed by atoms with van der Waals surface area (Å²) in [6.07, 6.45) is 1.55. The van der Waals surface area contributed by atoms with Crippen molar-refractivity contribution in [3.8, 4) is 0 Å². The maximum absolute atomic E-state index is 14.0. The second-order valence-corrected chi connectivity index (χ2v) is 9.87. The molecule has 174 valence electrons. The molecule has 1 spiro atoms. The number of hydrogen-bond acceptors (Lipinski definition) is 6. The minimum absolute atomic E-state index is 0.150. The van der Waals surface area contributed by atoms with E-state index in [0.29, 0.717) is 17.8 Å². The normalized spacial score (nSPS) is 29.6. The van der Waals surface area contributed by atoms with E-state index in [0.717, 1.165) is 34.4 Å². The highest BCUT2D eigenvalue weighted by molar-refractivity contribution is 6.26. The number of rotatable bonds is 2. The SMILES string of the molecule is Cc1cc(C)c2c(c1)C1(C(=O)N2)C2C(=O)N(c3ccc(C)c([N+](=O)[O-])c3)C(=O)C2C2CCCN21. The van der Waals surface area contributed by atoms with Crippen LogP contribution in [0, 0.1) is 42.7 Å². The van der Waals surface area contributed by atoms with Gasteiger partial charge in [0.05, 0.1) is 22.4 Å². The van der Waals surface area contributed by atoms with Crippen LogP contribution in [0.15, 0.2) is 30.3 Å². The van der Waals surface area contributed by atoms with Gasteiger partial charge in [-0.1, -0.05) is 23.8 Å². The van der Waals surface area contributed by atoms with E-state index in [1.807, 2.05) is 26.0 Å². The van der Waals surface area contributed by atoms with E-state index in [9.17, 15) is 24.5 Å². The third-order valence-electron chi connectivity index (χ3n) is 8.09. The molecular weight excluding hydrogens is 436 g/mol. The number of nitro groups is 1. The van der Waals surface area contributed by atoms with E-state index in [2.05, 4.69) is 10.2 Å². The number of carbonyl (C=O) groups excluding carboxylic acids is 3. The molecular formula is C25H24N4O5. The number of imide groups is 1. The van der Waals surface area contributed by atoms with Crippen molar-refractivity contribution in [1.82, 2.24) is 4.90 Å². The Balaban J connectivity index is 1.55. The van der Waals surface area contributed by atoms with Gasteiger partial charge in [-0.2, -0.15) is 0 Å². The molecule has 1 N–H and O–H groups in total. The largest absolute Gasteiger partial charge is 0.324 e. The van der Waals surface area contributed by atoms with Gasteiger partial charge in [-0.15, -0.1) is 0 Å². The molecule has 4 aliphatic heterocycles. The average molecular weight is 460 g/mol. The molecule has 9 nitrogen and oxygen atoms in total. The lowest BCUT2D eigenvalue weighted by atomic mass is 9.75. The topological polar surface area (TPSA) is 113 Å². The zero-order chi connectivity index (χ0) is 24.1. The molecule has 3 saturated heterocycles. The number of nitro benzene ring substituents is 1. The molecule has 4 heterocycles. The minimum atomic E-state index is -1.25. The van der Waals surface area contributed by atoms with Crippen LogP contribution in [0.3, 0.4) is 0 Å². The number of amides is 3.